The molecule has 1 aromatic rings. The van der Waals surface area contributed by atoms with Crippen molar-refractivity contribution in [1.82, 2.24) is 0 Å². The zero-order chi connectivity index (χ0) is 14.7. The molecule has 1 aliphatic heterocycles. The normalized spacial score (nSPS) is 35.7. The van der Waals surface area contributed by atoms with E-state index >= 15 is 0 Å². The average Bonchev–Trinajstić information content (AvgIpc) is 2.48. The molecule has 2 rings (SSSR count). The van der Waals surface area contributed by atoms with Gasteiger partial charge in [-0.2, -0.15) is 0 Å². The molecule has 8 heteroatoms. The Bertz CT molecular complexity index is 452. The van der Waals surface area contributed by atoms with Gasteiger partial charge in [0.1, 0.15) is 24.4 Å². The Morgan fingerprint density at radius 2 is 1.75 bits per heavy atom. The van der Waals surface area contributed by atoms with Gasteiger partial charge in [-0.25, -0.2) is 4.21 Å². The van der Waals surface area contributed by atoms with Gasteiger partial charge in [0, 0.05) is 0 Å². The van der Waals surface area contributed by atoms with Crippen molar-refractivity contribution in [1.29, 1.82) is 0 Å². The molecule has 1 aromatic carbocycles. The molecule has 0 aliphatic carbocycles. The molecule has 1 unspecified atom stereocenters. The maximum Gasteiger partial charge on any atom is 0.202 e. The van der Waals surface area contributed by atoms with Gasteiger partial charge >= 0.3 is 0 Å². The van der Waals surface area contributed by atoms with Gasteiger partial charge < -0.3 is 25.2 Å². The van der Waals surface area contributed by atoms with Crippen LogP contribution >= 0.6 is 0 Å². The lowest BCUT2D eigenvalue weighted by Gasteiger charge is -2.38. The van der Waals surface area contributed by atoms with Crippen LogP contribution in [0.15, 0.2) is 35.2 Å². The van der Waals surface area contributed by atoms with E-state index in [0.717, 1.165) is 0 Å². The third kappa shape index (κ3) is 3.23. The molecule has 1 heterocycles. The van der Waals surface area contributed by atoms with E-state index < -0.39 is 48.4 Å². The van der Waals surface area contributed by atoms with Crippen LogP contribution in [-0.2, 0) is 20.0 Å². The molecule has 112 valence electrons. The summed E-state index contributed by atoms with van der Waals surface area (Å²) >= 11 is -1.90. The second-order valence-corrected chi connectivity index (χ2v) is 5.47. The Balaban J connectivity index is 2.06. The zero-order valence-electron chi connectivity index (χ0n) is 10.4. The monoisotopic (exact) mass is 304 g/mol. The van der Waals surface area contributed by atoms with Gasteiger partial charge in [0.25, 0.3) is 0 Å². The molecule has 7 nitrogen and oxygen atoms in total. The summed E-state index contributed by atoms with van der Waals surface area (Å²) in [5, 5.41) is 37.9. The summed E-state index contributed by atoms with van der Waals surface area (Å²) in [4.78, 5) is 0.365. The maximum atomic E-state index is 11.9. The zero-order valence-corrected chi connectivity index (χ0v) is 11.2. The van der Waals surface area contributed by atoms with Crippen LogP contribution < -0.4 is 0 Å². The van der Waals surface area contributed by atoms with Crippen molar-refractivity contribution in [2.45, 2.75) is 35.6 Å². The molecular weight excluding hydrogens is 288 g/mol. The lowest BCUT2D eigenvalue weighted by atomic mass is 10.00. The second kappa shape index (κ2) is 6.72. The largest absolute Gasteiger partial charge is 0.394 e. The Hall–Kier alpha value is -0.870. The average molecular weight is 304 g/mol. The van der Waals surface area contributed by atoms with Crippen molar-refractivity contribution in [2.75, 3.05) is 6.61 Å². The molecule has 1 fully saturated rings. The maximum absolute atomic E-state index is 11.9. The summed E-state index contributed by atoms with van der Waals surface area (Å²) < 4.78 is 22.1. The number of hydrogen-bond acceptors (Lipinski definition) is 7. The topological polar surface area (TPSA) is 116 Å². The van der Waals surface area contributed by atoms with Crippen molar-refractivity contribution < 1.29 is 33.6 Å². The molecule has 0 aromatic heterocycles. The molecule has 0 saturated carbocycles. The molecule has 6 atom stereocenters. The Labute approximate surface area is 118 Å². The van der Waals surface area contributed by atoms with E-state index in [-0.39, 0.29) is 0 Å². The SMILES string of the molecule is O=S(O[C@H]1O[C@@H](CO)[C@H](O)[C@@H](O)[C@@H]1O)c1ccccc1. The lowest BCUT2D eigenvalue weighted by Crippen LogP contribution is -2.59. The van der Waals surface area contributed by atoms with Gasteiger partial charge in [-0.15, -0.1) is 0 Å². The number of benzene rings is 1. The van der Waals surface area contributed by atoms with Crippen LogP contribution in [0.4, 0.5) is 0 Å². The summed E-state index contributed by atoms with van der Waals surface area (Å²) in [6, 6.07) is 8.22. The first-order valence-electron chi connectivity index (χ1n) is 5.99. The molecule has 0 radical (unpaired) electrons. The van der Waals surface area contributed by atoms with E-state index in [1.807, 2.05) is 0 Å². The van der Waals surface area contributed by atoms with Crippen LogP contribution in [0.1, 0.15) is 0 Å². The first-order valence-corrected chi connectivity index (χ1v) is 7.06. The summed E-state index contributed by atoms with van der Waals surface area (Å²) in [7, 11) is 0. The number of rotatable bonds is 4. The van der Waals surface area contributed by atoms with Crippen LogP contribution in [0.25, 0.3) is 0 Å². The van der Waals surface area contributed by atoms with Crippen LogP contribution in [0, 0.1) is 0 Å². The molecular formula is C12H16O7S. The van der Waals surface area contributed by atoms with Gasteiger partial charge in [0.15, 0.2) is 11.1 Å². The van der Waals surface area contributed by atoms with Gasteiger partial charge in [-0.1, -0.05) is 18.2 Å². The van der Waals surface area contributed by atoms with Crippen molar-refractivity contribution in [3.63, 3.8) is 0 Å². The molecule has 20 heavy (non-hydrogen) atoms. The highest BCUT2D eigenvalue weighted by molar-refractivity contribution is 7.80. The number of hydrogen-bond donors (Lipinski definition) is 4. The van der Waals surface area contributed by atoms with E-state index in [1.165, 1.54) is 0 Å². The van der Waals surface area contributed by atoms with E-state index in [4.69, 9.17) is 14.0 Å². The fourth-order valence-electron chi connectivity index (χ4n) is 1.82. The highest BCUT2D eigenvalue weighted by Crippen LogP contribution is 2.23. The fraction of sp³-hybridized carbons (Fsp3) is 0.500. The molecule has 4 N–H and O–H groups in total. The predicted molar refractivity (Wildman–Crippen MR) is 67.7 cm³/mol. The van der Waals surface area contributed by atoms with E-state index in [2.05, 4.69) is 0 Å². The van der Waals surface area contributed by atoms with Crippen LogP contribution in [-0.4, -0.2) is 61.9 Å². The Kier molecular flexibility index (Phi) is 5.22. The Morgan fingerprint density at radius 3 is 2.35 bits per heavy atom. The quantitative estimate of drug-likeness (QED) is 0.536. The molecule has 1 saturated heterocycles. The minimum absolute atomic E-state index is 0.365. The van der Waals surface area contributed by atoms with Crippen molar-refractivity contribution in [3.05, 3.63) is 30.3 Å². The second-order valence-electron chi connectivity index (χ2n) is 4.34. The summed E-state index contributed by atoms with van der Waals surface area (Å²) in [5.74, 6) is 0. The summed E-state index contributed by atoms with van der Waals surface area (Å²) in [6.07, 6.45) is -7.10. The highest BCUT2D eigenvalue weighted by Gasteiger charge is 2.44. The highest BCUT2D eigenvalue weighted by atomic mass is 32.2. The van der Waals surface area contributed by atoms with Gasteiger partial charge in [-0.05, 0) is 12.1 Å². The van der Waals surface area contributed by atoms with Gasteiger partial charge in [0.2, 0.25) is 6.29 Å². The number of ether oxygens (including phenoxy) is 1. The third-order valence-electron chi connectivity index (χ3n) is 2.97. The molecule has 0 bridgehead atoms. The molecule has 0 spiro atoms. The minimum atomic E-state index is -1.90. The van der Waals surface area contributed by atoms with Crippen LogP contribution in [0.3, 0.4) is 0 Å². The lowest BCUT2D eigenvalue weighted by molar-refractivity contribution is -0.275. The molecule has 0 amide bonds. The van der Waals surface area contributed by atoms with Crippen molar-refractivity contribution in [3.8, 4) is 0 Å². The first-order chi connectivity index (χ1) is 9.54. The minimum Gasteiger partial charge on any atom is -0.394 e. The Morgan fingerprint density at radius 1 is 1.10 bits per heavy atom. The first kappa shape index (κ1) is 15.5. The fourth-order valence-corrected chi connectivity index (χ4v) is 2.64. The predicted octanol–water partition coefficient (Wildman–Crippen LogP) is -1.47. The van der Waals surface area contributed by atoms with Crippen molar-refractivity contribution >= 4 is 11.1 Å². The number of aliphatic hydroxyl groups is 4. The molecule has 1 aliphatic rings. The summed E-state index contributed by atoms with van der Waals surface area (Å²) in [6.45, 7) is -0.567. The summed E-state index contributed by atoms with van der Waals surface area (Å²) in [5.41, 5.74) is 0. The van der Waals surface area contributed by atoms with Crippen LogP contribution in [0.5, 0.6) is 0 Å². The van der Waals surface area contributed by atoms with Crippen molar-refractivity contribution in [2.24, 2.45) is 0 Å². The van der Waals surface area contributed by atoms with E-state index in [0.29, 0.717) is 4.90 Å². The third-order valence-corrected chi connectivity index (χ3v) is 3.99. The number of aliphatic hydroxyl groups excluding tert-OH is 4. The van der Waals surface area contributed by atoms with Crippen LogP contribution in [0.2, 0.25) is 0 Å². The standard InChI is InChI=1S/C12H16O7S/c13-6-8-9(14)10(15)11(16)12(18-8)19-20(17)7-4-2-1-3-5-7/h1-5,8-16H,6H2/t8-,9-,10+,11-,12+,20?/m0/s1. The van der Waals surface area contributed by atoms with Gasteiger partial charge in [-0.3, -0.25) is 4.18 Å². The smallest absolute Gasteiger partial charge is 0.202 e. The van der Waals surface area contributed by atoms with E-state index in [1.54, 1.807) is 30.3 Å². The van der Waals surface area contributed by atoms with Gasteiger partial charge in [0.05, 0.1) is 11.5 Å². The van der Waals surface area contributed by atoms with E-state index in [9.17, 15) is 19.5 Å².